The lowest BCUT2D eigenvalue weighted by molar-refractivity contribution is 0.123. The van der Waals surface area contributed by atoms with E-state index in [1.807, 2.05) is 6.07 Å². The molecule has 1 fully saturated rings. The lowest BCUT2D eigenvalue weighted by Crippen LogP contribution is -2.32. The zero-order chi connectivity index (χ0) is 16.4. The predicted molar refractivity (Wildman–Crippen MR) is 95.2 cm³/mol. The van der Waals surface area contributed by atoms with Gasteiger partial charge in [0.25, 0.3) is 0 Å². The third kappa shape index (κ3) is 3.12. The highest BCUT2D eigenvalue weighted by Gasteiger charge is 2.21. The molecule has 1 aliphatic heterocycles. The first kappa shape index (κ1) is 15.1. The molecule has 3 heterocycles. The van der Waals surface area contributed by atoms with E-state index < -0.39 is 0 Å². The van der Waals surface area contributed by atoms with Crippen LogP contribution in [0.4, 0.5) is 5.95 Å². The fraction of sp³-hybridized carbons (Fsp3) is 0.368. The average Bonchev–Trinajstić information content (AvgIpc) is 2.83. The first-order valence-corrected chi connectivity index (χ1v) is 8.43. The van der Waals surface area contributed by atoms with E-state index in [2.05, 4.69) is 56.9 Å². The van der Waals surface area contributed by atoms with E-state index in [9.17, 15) is 0 Å². The number of rotatable bonds is 3. The molecule has 4 rings (SSSR count). The highest BCUT2D eigenvalue weighted by molar-refractivity contribution is 5.80. The van der Waals surface area contributed by atoms with Crippen LogP contribution in [0.5, 0.6) is 0 Å². The summed E-state index contributed by atoms with van der Waals surface area (Å²) < 4.78 is 7.98. The average molecular weight is 322 g/mol. The maximum absolute atomic E-state index is 5.82. The molecule has 0 aliphatic carbocycles. The van der Waals surface area contributed by atoms with Gasteiger partial charge >= 0.3 is 0 Å². The molecule has 5 nitrogen and oxygen atoms in total. The van der Waals surface area contributed by atoms with Crippen LogP contribution in [0.3, 0.4) is 0 Å². The number of hydrogen-bond acceptors (Lipinski definition) is 4. The molecular formula is C19H22N4O. The Morgan fingerprint density at radius 1 is 1.21 bits per heavy atom. The molecule has 0 amide bonds. The SMILES string of the molecule is Cn1ccc2cc(C[C@@H]3COCCN(c4ncccn4)C3)ccc21. The highest BCUT2D eigenvalue weighted by atomic mass is 16.5. The fourth-order valence-electron chi connectivity index (χ4n) is 3.43. The van der Waals surface area contributed by atoms with Gasteiger partial charge in [-0.2, -0.15) is 0 Å². The van der Waals surface area contributed by atoms with Gasteiger partial charge < -0.3 is 14.2 Å². The van der Waals surface area contributed by atoms with Crippen molar-refractivity contribution in [2.75, 3.05) is 31.2 Å². The number of fused-ring (bicyclic) bond motifs is 1. The molecule has 1 atom stereocenters. The number of aromatic nitrogens is 3. The van der Waals surface area contributed by atoms with Crippen molar-refractivity contribution in [3.05, 3.63) is 54.5 Å². The summed E-state index contributed by atoms with van der Waals surface area (Å²) in [5.74, 6) is 1.24. The van der Waals surface area contributed by atoms with E-state index in [4.69, 9.17) is 4.74 Å². The molecular weight excluding hydrogens is 300 g/mol. The molecule has 0 radical (unpaired) electrons. The second kappa shape index (κ2) is 6.61. The maximum Gasteiger partial charge on any atom is 0.225 e. The van der Waals surface area contributed by atoms with Gasteiger partial charge in [-0.05, 0) is 41.6 Å². The van der Waals surface area contributed by atoms with Crippen molar-refractivity contribution >= 4 is 16.9 Å². The molecule has 0 N–H and O–H groups in total. The van der Waals surface area contributed by atoms with Gasteiger partial charge in [-0.3, -0.25) is 0 Å². The normalized spacial score (nSPS) is 18.7. The molecule has 0 saturated carbocycles. The number of anilines is 1. The number of aryl methyl sites for hydroxylation is 1. The fourth-order valence-corrected chi connectivity index (χ4v) is 3.43. The van der Waals surface area contributed by atoms with Crippen molar-refractivity contribution in [2.24, 2.45) is 13.0 Å². The van der Waals surface area contributed by atoms with E-state index in [0.29, 0.717) is 5.92 Å². The Morgan fingerprint density at radius 2 is 2.08 bits per heavy atom. The van der Waals surface area contributed by atoms with Gasteiger partial charge in [-0.15, -0.1) is 0 Å². The van der Waals surface area contributed by atoms with Crippen LogP contribution in [-0.4, -0.2) is 40.8 Å². The zero-order valence-electron chi connectivity index (χ0n) is 13.9. The zero-order valence-corrected chi connectivity index (χ0v) is 13.9. The van der Waals surface area contributed by atoms with Crippen molar-refractivity contribution in [1.82, 2.24) is 14.5 Å². The smallest absolute Gasteiger partial charge is 0.225 e. The summed E-state index contributed by atoms with van der Waals surface area (Å²) in [5, 5.41) is 1.30. The van der Waals surface area contributed by atoms with Crippen molar-refractivity contribution in [2.45, 2.75) is 6.42 Å². The predicted octanol–water partition coefficient (Wildman–Crippen LogP) is 2.66. The summed E-state index contributed by atoms with van der Waals surface area (Å²) in [4.78, 5) is 11.0. The number of ether oxygens (including phenoxy) is 1. The van der Waals surface area contributed by atoms with Gasteiger partial charge in [0, 0.05) is 50.2 Å². The topological polar surface area (TPSA) is 43.2 Å². The van der Waals surface area contributed by atoms with Crippen molar-refractivity contribution < 1.29 is 4.74 Å². The van der Waals surface area contributed by atoms with Crippen LogP contribution >= 0.6 is 0 Å². The van der Waals surface area contributed by atoms with Gasteiger partial charge in [-0.1, -0.05) is 6.07 Å². The van der Waals surface area contributed by atoms with Crippen molar-refractivity contribution in [3.8, 4) is 0 Å². The summed E-state index contributed by atoms with van der Waals surface area (Å²) in [5.41, 5.74) is 2.63. The molecule has 124 valence electrons. The van der Waals surface area contributed by atoms with Gasteiger partial charge in [-0.25, -0.2) is 9.97 Å². The van der Waals surface area contributed by atoms with Gasteiger partial charge in [0.2, 0.25) is 5.95 Å². The maximum atomic E-state index is 5.82. The molecule has 1 saturated heterocycles. The first-order valence-electron chi connectivity index (χ1n) is 8.43. The summed E-state index contributed by atoms with van der Waals surface area (Å²) >= 11 is 0. The minimum Gasteiger partial charge on any atom is -0.379 e. The summed E-state index contributed by atoms with van der Waals surface area (Å²) in [7, 11) is 2.08. The molecule has 1 aromatic carbocycles. The largest absolute Gasteiger partial charge is 0.379 e. The molecule has 2 aromatic heterocycles. The van der Waals surface area contributed by atoms with Crippen LogP contribution < -0.4 is 4.90 Å². The van der Waals surface area contributed by atoms with Crippen LogP contribution in [0.1, 0.15) is 5.56 Å². The number of benzene rings is 1. The van der Waals surface area contributed by atoms with Gasteiger partial charge in [0.15, 0.2) is 0 Å². The van der Waals surface area contributed by atoms with Crippen LogP contribution in [-0.2, 0) is 18.2 Å². The molecule has 0 spiro atoms. The molecule has 24 heavy (non-hydrogen) atoms. The van der Waals surface area contributed by atoms with E-state index in [1.165, 1.54) is 16.5 Å². The Labute approximate surface area is 141 Å². The Bertz CT molecular complexity index is 815. The second-order valence-corrected chi connectivity index (χ2v) is 6.46. The van der Waals surface area contributed by atoms with Crippen molar-refractivity contribution in [3.63, 3.8) is 0 Å². The van der Waals surface area contributed by atoms with E-state index in [1.54, 1.807) is 12.4 Å². The minimum atomic E-state index is 0.442. The lowest BCUT2D eigenvalue weighted by atomic mass is 9.98. The first-order chi connectivity index (χ1) is 11.8. The molecule has 0 bridgehead atoms. The summed E-state index contributed by atoms with van der Waals surface area (Å²) in [6, 6.07) is 10.8. The standard InChI is InChI=1S/C19H22N4O/c1-22-8-5-17-12-15(3-4-18(17)22)11-16-13-23(9-10-24-14-16)19-20-6-2-7-21-19/h2-8,12,16H,9-11,13-14H2,1H3/t16-/m0/s1. The quantitative estimate of drug-likeness (QED) is 0.743. The Kier molecular flexibility index (Phi) is 4.17. The monoisotopic (exact) mass is 322 g/mol. The van der Waals surface area contributed by atoms with Crippen molar-refractivity contribution in [1.29, 1.82) is 0 Å². The Balaban J connectivity index is 1.51. The third-order valence-electron chi connectivity index (χ3n) is 4.65. The van der Waals surface area contributed by atoms with E-state index in [-0.39, 0.29) is 0 Å². The van der Waals surface area contributed by atoms with Gasteiger partial charge in [0.1, 0.15) is 0 Å². The van der Waals surface area contributed by atoms with Crippen LogP contribution in [0.15, 0.2) is 48.9 Å². The van der Waals surface area contributed by atoms with E-state index in [0.717, 1.165) is 38.7 Å². The van der Waals surface area contributed by atoms with Crippen LogP contribution in [0.2, 0.25) is 0 Å². The highest BCUT2D eigenvalue weighted by Crippen LogP contribution is 2.21. The number of hydrogen-bond donors (Lipinski definition) is 0. The molecule has 5 heteroatoms. The molecule has 0 unspecified atom stereocenters. The van der Waals surface area contributed by atoms with Gasteiger partial charge in [0.05, 0.1) is 13.2 Å². The summed E-state index contributed by atoms with van der Waals surface area (Å²) in [6.07, 6.45) is 6.71. The Hall–Kier alpha value is -2.40. The Morgan fingerprint density at radius 3 is 2.96 bits per heavy atom. The third-order valence-corrected chi connectivity index (χ3v) is 4.65. The molecule has 1 aliphatic rings. The second-order valence-electron chi connectivity index (χ2n) is 6.46. The number of nitrogens with zero attached hydrogens (tertiary/aromatic N) is 4. The van der Waals surface area contributed by atoms with Crippen LogP contribution in [0.25, 0.3) is 10.9 Å². The van der Waals surface area contributed by atoms with Crippen LogP contribution in [0, 0.1) is 5.92 Å². The lowest BCUT2D eigenvalue weighted by Gasteiger charge is -2.23. The molecule has 3 aromatic rings. The van der Waals surface area contributed by atoms with E-state index >= 15 is 0 Å². The summed E-state index contributed by atoms with van der Waals surface area (Å²) in [6.45, 7) is 3.29. The minimum absolute atomic E-state index is 0.442.